The Morgan fingerprint density at radius 1 is 0.914 bits per heavy atom. The maximum Gasteiger partial charge on any atom is 0.244 e. The number of rotatable bonds is 15. The molecule has 1 saturated heterocycles. The van der Waals surface area contributed by atoms with Crippen molar-refractivity contribution >= 4 is 52.6 Å². The number of amides is 6. The van der Waals surface area contributed by atoms with Gasteiger partial charge in [0.1, 0.15) is 47.2 Å². The lowest BCUT2D eigenvalue weighted by Gasteiger charge is -2.39. The standard InChI is InChI=1S/C50H69N13O6S/c1-29(2)38-44(66)59-41(49(5,6)7)43(54-26-37(65)63-21-18-30(3)40(63)46(68)56-38)58-42(50(8,9)10)47(69)57-39(31(4)33-16-12-11-13-17-33)45(67)55-35(48-52-20-22-70-48)23-36(64)53-25-34-28-62(61-60-34)27-32-15-14-19-51-24-32/h11-17,19-20,22,24,28-31,35,38-42H,18,21,23,25-27H2,1-10H3,(H,53,64)(H,54,58)(H,55,67)(H,56,68)(H,57,69)(H,59,66)/t30-,31+,35-,38+,39?,40+,41?,42?/m1/s1. The lowest BCUT2D eigenvalue weighted by atomic mass is 9.82. The van der Waals surface area contributed by atoms with Crippen LogP contribution in [0.3, 0.4) is 0 Å². The lowest BCUT2D eigenvalue weighted by Crippen LogP contribution is -2.65. The summed E-state index contributed by atoms with van der Waals surface area (Å²) in [5.41, 5.74) is 0.717. The van der Waals surface area contributed by atoms with Crippen LogP contribution in [0.2, 0.25) is 0 Å². The van der Waals surface area contributed by atoms with E-state index in [1.54, 1.807) is 34.8 Å². The third-order valence-electron chi connectivity index (χ3n) is 12.7. The molecule has 3 unspecified atom stereocenters. The number of pyridine rings is 1. The van der Waals surface area contributed by atoms with E-state index in [2.05, 4.69) is 52.2 Å². The van der Waals surface area contributed by atoms with Crippen LogP contribution in [-0.4, -0.2) is 114 Å². The van der Waals surface area contributed by atoms with Crippen molar-refractivity contribution in [1.82, 2.24) is 61.8 Å². The van der Waals surface area contributed by atoms with Crippen LogP contribution in [0.4, 0.5) is 0 Å². The number of carbonyl (C=O) groups excluding carboxylic acids is 6. The zero-order valence-electron chi connectivity index (χ0n) is 41.9. The van der Waals surface area contributed by atoms with E-state index < -0.39 is 70.7 Å². The van der Waals surface area contributed by atoms with Gasteiger partial charge in [0.05, 0.1) is 37.8 Å². The maximum atomic E-state index is 15.0. The summed E-state index contributed by atoms with van der Waals surface area (Å²) >= 11 is 1.28. The molecule has 6 amide bonds. The van der Waals surface area contributed by atoms with Gasteiger partial charge in [0.15, 0.2) is 0 Å². The molecule has 8 atom stereocenters. The molecular weight excluding hydrogens is 911 g/mol. The average Bonchev–Trinajstić information content (AvgIpc) is 4.10. The van der Waals surface area contributed by atoms with Crippen LogP contribution < -0.4 is 31.9 Å². The number of amidine groups is 1. The van der Waals surface area contributed by atoms with Gasteiger partial charge in [-0.25, -0.2) is 9.67 Å². The fourth-order valence-corrected chi connectivity index (χ4v) is 9.40. The Morgan fingerprint density at radius 2 is 1.66 bits per heavy atom. The van der Waals surface area contributed by atoms with Crippen molar-refractivity contribution in [3.8, 4) is 0 Å². The quantitative estimate of drug-likeness (QED) is 0.100. The largest absolute Gasteiger partial charge is 0.360 e. The molecule has 2 aliphatic rings. The summed E-state index contributed by atoms with van der Waals surface area (Å²) in [5, 5.41) is 29.1. The second-order valence-electron chi connectivity index (χ2n) is 20.8. The SMILES string of the molecule is CC(C)[C@@H]1NC(=O)[C@@H]2[C@H](C)CCN2C(=O)CN=C(NC(C(=O)NC(C(=O)N[C@H](CC(=O)NCc2cn(Cc3cccnc3)nn2)c2nccs2)[C@@H](C)c2ccccc2)C(C)(C)C)C(C(C)(C)C)NC1=O. The first-order chi connectivity index (χ1) is 33.1. The number of nitrogens with one attached hydrogen (secondary N) is 6. The monoisotopic (exact) mass is 980 g/mol. The molecule has 20 heteroatoms. The van der Waals surface area contributed by atoms with Gasteiger partial charge in [-0.2, -0.15) is 0 Å². The summed E-state index contributed by atoms with van der Waals surface area (Å²) < 4.78 is 1.66. The van der Waals surface area contributed by atoms with Crippen molar-refractivity contribution < 1.29 is 28.8 Å². The highest BCUT2D eigenvalue weighted by atomic mass is 32.1. The molecular formula is C50H69N13O6S. The Morgan fingerprint density at radius 3 is 2.30 bits per heavy atom. The first-order valence-corrected chi connectivity index (χ1v) is 24.8. The number of carbonyl (C=O) groups is 6. The Hall–Kier alpha value is -6.57. The average molecular weight is 980 g/mol. The summed E-state index contributed by atoms with van der Waals surface area (Å²) in [6.45, 7) is 19.3. The molecule has 1 fully saturated rings. The number of thiazole rings is 1. The fourth-order valence-electron chi connectivity index (χ4n) is 8.71. The van der Waals surface area contributed by atoms with Crippen molar-refractivity contribution in [2.45, 2.75) is 137 Å². The van der Waals surface area contributed by atoms with Gasteiger partial charge in [-0.15, -0.1) is 16.4 Å². The third-order valence-corrected chi connectivity index (χ3v) is 13.6. The minimum Gasteiger partial charge on any atom is -0.360 e. The summed E-state index contributed by atoms with van der Waals surface area (Å²) in [4.78, 5) is 100. The highest BCUT2D eigenvalue weighted by Gasteiger charge is 2.44. The van der Waals surface area contributed by atoms with Gasteiger partial charge in [0.2, 0.25) is 35.4 Å². The van der Waals surface area contributed by atoms with Crippen LogP contribution in [-0.2, 0) is 41.9 Å². The molecule has 3 aromatic heterocycles. The van der Waals surface area contributed by atoms with Gasteiger partial charge >= 0.3 is 0 Å². The Labute approximate surface area is 414 Å². The molecule has 2 aliphatic heterocycles. The summed E-state index contributed by atoms with van der Waals surface area (Å²) in [7, 11) is 0. The number of hydrogen-bond donors (Lipinski definition) is 6. The molecule has 1 aromatic carbocycles. The van der Waals surface area contributed by atoms with Crippen molar-refractivity contribution in [2.24, 2.45) is 27.7 Å². The minimum absolute atomic E-state index is 0.0986. The molecule has 0 aliphatic carbocycles. The topological polar surface area (TPSA) is 247 Å². The second kappa shape index (κ2) is 22.9. The van der Waals surface area contributed by atoms with E-state index in [-0.39, 0.29) is 54.9 Å². The maximum absolute atomic E-state index is 15.0. The van der Waals surface area contributed by atoms with Crippen molar-refractivity contribution in [1.29, 1.82) is 0 Å². The van der Waals surface area contributed by atoms with Gasteiger partial charge in [0.25, 0.3) is 0 Å². The molecule has 6 rings (SSSR count). The zero-order valence-corrected chi connectivity index (χ0v) is 42.7. The van der Waals surface area contributed by atoms with Crippen LogP contribution in [0, 0.1) is 22.7 Å². The molecule has 19 nitrogen and oxygen atoms in total. The summed E-state index contributed by atoms with van der Waals surface area (Å²) in [6, 6.07) is 7.45. The molecule has 6 N–H and O–H groups in total. The smallest absolute Gasteiger partial charge is 0.244 e. The van der Waals surface area contributed by atoms with E-state index in [1.807, 2.05) is 112 Å². The van der Waals surface area contributed by atoms with E-state index in [9.17, 15) is 24.0 Å². The van der Waals surface area contributed by atoms with Gasteiger partial charge in [0, 0.05) is 36.4 Å². The number of fused-ring (bicyclic) bond motifs is 1. The van der Waals surface area contributed by atoms with Gasteiger partial charge in [-0.05, 0) is 46.3 Å². The highest BCUT2D eigenvalue weighted by Crippen LogP contribution is 2.29. The number of aliphatic imine (C=N–C) groups is 1. The molecule has 0 saturated carbocycles. The Kier molecular flexibility index (Phi) is 17.3. The molecule has 4 aromatic rings. The highest BCUT2D eigenvalue weighted by molar-refractivity contribution is 7.09. The molecule has 0 radical (unpaired) electrons. The summed E-state index contributed by atoms with van der Waals surface area (Å²) in [6.07, 6.45) is 7.22. The Bertz CT molecular complexity index is 2470. The van der Waals surface area contributed by atoms with Crippen molar-refractivity contribution in [3.63, 3.8) is 0 Å². The third kappa shape index (κ3) is 13.6. The van der Waals surface area contributed by atoms with Crippen molar-refractivity contribution in [2.75, 3.05) is 13.1 Å². The number of aromatic nitrogens is 5. The molecule has 376 valence electrons. The molecule has 0 bridgehead atoms. The zero-order chi connectivity index (χ0) is 50.9. The van der Waals surface area contributed by atoms with E-state index >= 15 is 4.79 Å². The second-order valence-corrected chi connectivity index (χ2v) is 21.8. The first-order valence-electron chi connectivity index (χ1n) is 23.9. The molecule has 0 spiro atoms. The van der Waals surface area contributed by atoms with E-state index in [0.29, 0.717) is 30.2 Å². The number of benzene rings is 1. The van der Waals surface area contributed by atoms with Crippen LogP contribution in [0.5, 0.6) is 0 Å². The Balaban J connectivity index is 1.26. The van der Waals surface area contributed by atoms with E-state index in [1.165, 1.54) is 16.2 Å². The van der Waals surface area contributed by atoms with Gasteiger partial charge < -0.3 is 36.8 Å². The normalized spacial score (nSPS) is 20.9. The molecule has 70 heavy (non-hydrogen) atoms. The first kappa shape index (κ1) is 52.8. The summed E-state index contributed by atoms with van der Waals surface area (Å²) in [5.74, 6) is -3.44. The van der Waals surface area contributed by atoms with Crippen LogP contribution in [0.1, 0.15) is 116 Å². The molecule has 5 heterocycles. The van der Waals surface area contributed by atoms with Crippen molar-refractivity contribution in [3.05, 3.63) is 94.5 Å². The predicted molar refractivity (Wildman–Crippen MR) is 266 cm³/mol. The van der Waals surface area contributed by atoms with Crippen LogP contribution >= 0.6 is 11.3 Å². The predicted octanol–water partition coefficient (Wildman–Crippen LogP) is 3.66. The van der Waals surface area contributed by atoms with Gasteiger partial charge in [-0.3, -0.25) is 38.7 Å². The van der Waals surface area contributed by atoms with Crippen LogP contribution in [0.25, 0.3) is 0 Å². The van der Waals surface area contributed by atoms with E-state index in [4.69, 9.17) is 4.99 Å². The van der Waals surface area contributed by atoms with E-state index in [0.717, 1.165) is 11.1 Å². The van der Waals surface area contributed by atoms with Gasteiger partial charge in [-0.1, -0.05) is 111 Å². The number of nitrogens with zero attached hydrogens (tertiary/aromatic N) is 7. The number of hydrogen-bond acceptors (Lipinski definition) is 13. The fraction of sp³-hybridized carbons (Fsp3) is 0.540. The lowest BCUT2D eigenvalue weighted by molar-refractivity contribution is -0.140. The van der Waals surface area contributed by atoms with Crippen LogP contribution in [0.15, 0.2) is 77.6 Å². The minimum atomic E-state index is -1.16.